The standard InChI is InChI=1S/C16H13F2NO/c17-13-5-10(6-14(18)9-13)7-16(20)12-2-1-11-3-4-19-15(11)8-12/h1-2,5-6,8-9,19H,3-4,7H2. The third kappa shape index (κ3) is 2.54. The third-order valence-electron chi connectivity index (χ3n) is 3.43. The quantitative estimate of drug-likeness (QED) is 0.869. The van der Waals surface area contributed by atoms with Crippen LogP contribution in [0.15, 0.2) is 36.4 Å². The molecule has 0 saturated heterocycles. The van der Waals surface area contributed by atoms with E-state index in [0.29, 0.717) is 11.1 Å². The molecule has 4 heteroatoms. The summed E-state index contributed by atoms with van der Waals surface area (Å²) in [5.41, 5.74) is 3.07. The van der Waals surface area contributed by atoms with Gasteiger partial charge in [0.25, 0.3) is 0 Å². The van der Waals surface area contributed by atoms with E-state index in [4.69, 9.17) is 0 Å². The van der Waals surface area contributed by atoms with Crippen LogP contribution in [0.3, 0.4) is 0 Å². The first kappa shape index (κ1) is 12.8. The van der Waals surface area contributed by atoms with Crippen LogP contribution in [0.25, 0.3) is 0 Å². The summed E-state index contributed by atoms with van der Waals surface area (Å²) in [6.45, 7) is 0.877. The number of rotatable bonds is 3. The lowest BCUT2D eigenvalue weighted by atomic mass is 10.0. The molecular formula is C16H13F2NO. The lowest BCUT2D eigenvalue weighted by Gasteiger charge is -2.05. The fraction of sp³-hybridized carbons (Fsp3) is 0.188. The Kier molecular flexibility index (Phi) is 3.22. The van der Waals surface area contributed by atoms with Crippen LogP contribution < -0.4 is 5.32 Å². The Morgan fingerprint density at radius 1 is 1.10 bits per heavy atom. The minimum absolute atomic E-state index is 0.00648. The van der Waals surface area contributed by atoms with Gasteiger partial charge < -0.3 is 5.32 Å². The van der Waals surface area contributed by atoms with E-state index in [-0.39, 0.29) is 12.2 Å². The van der Waals surface area contributed by atoms with Crippen LogP contribution in [-0.4, -0.2) is 12.3 Å². The van der Waals surface area contributed by atoms with Crippen molar-refractivity contribution >= 4 is 11.5 Å². The molecule has 2 aromatic rings. The molecule has 1 heterocycles. The highest BCUT2D eigenvalue weighted by Gasteiger charge is 2.14. The summed E-state index contributed by atoms with van der Waals surface area (Å²) in [5.74, 6) is -1.47. The summed E-state index contributed by atoms with van der Waals surface area (Å²) in [7, 11) is 0. The van der Waals surface area contributed by atoms with Gasteiger partial charge in [0, 0.05) is 30.3 Å². The van der Waals surface area contributed by atoms with Gasteiger partial charge in [0.15, 0.2) is 5.78 Å². The molecule has 0 atom stereocenters. The van der Waals surface area contributed by atoms with Crippen molar-refractivity contribution in [3.63, 3.8) is 0 Å². The van der Waals surface area contributed by atoms with Gasteiger partial charge in [0.1, 0.15) is 11.6 Å². The number of hydrogen-bond donors (Lipinski definition) is 1. The molecule has 0 unspecified atom stereocenters. The maximum Gasteiger partial charge on any atom is 0.167 e. The molecule has 0 amide bonds. The number of ketones is 1. The lowest BCUT2D eigenvalue weighted by molar-refractivity contribution is 0.0993. The molecule has 2 nitrogen and oxygen atoms in total. The average molecular weight is 273 g/mol. The topological polar surface area (TPSA) is 29.1 Å². The Labute approximate surface area is 115 Å². The number of Topliss-reactive ketones (excluding diaryl/α,β-unsaturated/α-hetero) is 1. The van der Waals surface area contributed by atoms with Crippen molar-refractivity contribution in [3.8, 4) is 0 Å². The van der Waals surface area contributed by atoms with E-state index < -0.39 is 11.6 Å². The second-order valence-electron chi connectivity index (χ2n) is 4.93. The molecule has 3 rings (SSSR count). The van der Waals surface area contributed by atoms with Crippen molar-refractivity contribution in [1.29, 1.82) is 0 Å². The molecule has 0 saturated carbocycles. The Morgan fingerprint density at radius 3 is 2.60 bits per heavy atom. The van der Waals surface area contributed by atoms with Crippen LogP contribution in [-0.2, 0) is 12.8 Å². The first-order valence-corrected chi connectivity index (χ1v) is 6.47. The van der Waals surface area contributed by atoms with Crippen LogP contribution >= 0.6 is 0 Å². The summed E-state index contributed by atoms with van der Waals surface area (Å²) in [6.07, 6.45) is 0.951. The molecule has 102 valence electrons. The van der Waals surface area contributed by atoms with Crippen molar-refractivity contribution in [2.45, 2.75) is 12.8 Å². The molecule has 2 aromatic carbocycles. The Hall–Kier alpha value is -2.23. The zero-order chi connectivity index (χ0) is 14.1. The van der Waals surface area contributed by atoms with Gasteiger partial charge in [-0.05, 0) is 35.7 Å². The van der Waals surface area contributed by atoms with Gasteiger partial charge in [-0.15, -0.1) is 0 Å². The molecule has 0 radical (unpaired) electrons. The number of carbonyl (C=O) groups is 1. The maximum atomic E-state index is 13.1. The average Bonchev–Trinajstić information content (AvgIpc) is 2.84. The van der Waals surface area contributed by atoms with Crippen molar-refractivity contribution in [3.05, 3.63) is 64.7 Å². The molecule has 0 spiro atoms. The minimum Gasteiger partial charge on any atom is -0.384 e. The number of nitrogens with one attached hydrogen (secondary N) is 1. The molecule has 0 bridgehead atoms. The number of anilines is 1. The largest absolute Gasteiger partial charge is 0.384 e. The van der Waals surface area contributed by atoms with Gasteiger partial charge in [-0.1, -0.05) is 12.1 Å². The minimum atomic E-state index is -0.663. The zero-order valence-corrected chi connectivity index (χ0v) is 10.7. The van der Waals surface area contributed by atoms with Crippen LogP contribution in [0.5, 0.6) is 0 Å². The molecule has 0 fully saturated rings. The van der Waals surface area contributed by atoms with Crippen molar-refractivity contribution in [2.75, 3.05) is 11.9 Å². The molecule has 0 aromatic heterocycles. The summed E-state index contributed by atoms with van der Waals surface area (Å²) < 4.78 is 26.2. The maximum absolute atomic E-state index is 13.1. The second-order valence-corrected chi connectivity index (χ2v) is 4.93. The van der Waals surface area contributed by atoms with Gasteiger partial charge in [-0.2, -0.15) is 0 Å². The predicted octanol–water partition coefficient (Wildman–Crippen LogP) is 3.36. The smallest absolute Gasteiger partial charge is 0.167 e. The fourth-order valence-electron chi connectivity index (χ4n) is 2.46. The fourth-order valence-corrected chi connectivity index (χ4v) is 2.46. The molecular weight excluding hydrogens is 260 g/mol. The Morgan fingerprint density at radius 2 is 1.85 bits per heavy atom. The van der Waals surface area contributed by atoms with Crippen LogP contribution in [0.4, 0.5) is 14.5 Å². The van der Waals surface area contributed by atoms with E-state index in [2.05, 4.69) is 5.32 Å². The van der Waals surface area contributed by atoms with Crippen molar-refractivity contribution in [1.82, 2.24) is 0 Å². The number of halogens is 2. The Balaban J connectivity index is 1.82. The summed E-state index contributed by atoms with van der Waals surface area (Å²) in [5, 5.41) is 3.21. The molecule has 20 heavy (non-hydrogen) atoms. The van der Waals surface area contributed by atoms with E-state index in [1.54, 1.807) is 12.1 Å². The van der Waals surface area contributed by atoms with Crippen LogP contribution in [0.2, 0.25) is 0 Å². The second kappa shape index (κ2) is 5.04. The number of benzene rings is 2. The van der Waals surface area contributed by atoms with Gasteiger partial charge in [0.05, 0.1) is 0 Å². The summed E-state index contributed by atoms with van der Waals surface area (Å²) >= 11 is 0. The van der Waals surface area contributed by atoms with Crippen LogP contribution in [0, 0.1) is 11.6 Å². The van der Waals surface area contributed by atoms with E-state index in [0.717, 1.165) is 24.7 Å². The number of hydrogen-bond acceptors (Lipinski definition) is 2. The van der Waals surface area contributed by atoms with Crippen molar-refractivity contribution in [2.24, 2.45) is 0 Å². The summed E-state index contributed by atoms with van der Waals surface area (Å²) in [6, 6.07) is 8.67. The van der Waals surface area contributed by atoms with Crippen molar-refractivity contribution < 1.29 is 13.6 Å². The van der Waals surface area contributed by atoms with Gasteiger partial charge >= 0.3 is 0 Å². The van der Waals surface area contributed by atoms with E-state index in [9.17, 15) is 13.6 Å². The highest BCUT2D eigenvalue weighted by atomic mass is 19.1. The highest BCUT2D eigenvalue weighted by Crippen LogP contribution is 2.24. The van der Waals surface area contributed by atoms with E-state index >= 15 is 0 Å². The number of fused-ring (bicyclic) bond motifs is 1. The predicted molar refractivity (Wildman–Crippen MR) is 73.0 cm³/mol. The lowest BCUT2D eigenvalue weighted by Crippen LogP contribution is -2.05. The monoisotopic (exact) mass is 273 g/mol. The third-order valence-corrected chi connectivity index (χ3v) is 3.43. The first-order valence-electron chi connectivity index (χ1n) is 6.47. The Bertz CT molecular complexity index is 662. The van der Waals surface area contributed by atoms with Gasteiger partial charge in [0.2, 0.25) is 0 Å². The molecule has 1 aliphatic rings. The summed E-state index contributed by atoms with van der Waals surface area (Å²) in [4.78, 5) is 12.2. The molecule has 0 aliphatic carbocycles. The normalized spacial score (nSPS) is 12.9. The van der Waals surface area contributed by atoms with Crippen LogP contribution in [0.1, 0.15) is 21.5 Å². The highest BCUT2D eigenvalue weighted by molar-refractivity contribution is 5.98. The number of carbonyl (C=O) groups excluding carboxylic acids is 1. The molecule has 1 N–H and O–H groups in total. The van der Waals surface area contributed by atoms with Gasteiger partial charge in [-0.3, -0.25) is 4.79 Å². The molecule has 1 aliphatic heterocycles. The zero-order valence-electron chi connectivity index (χ0n) is 10.7. The van der Waals surface area contributed by atoms with Gasteiger partial charge in [-0.25, -0.2) is 8.78 Å². The van der Waals surface area contributed by atoms with E-state index in [1.165, 1.54) is 17.7 Å². The first-order chi connectivity index (χ1) is 9.61. The van der Waals surface area contributed by atoms with E-state index in [1.807, 2.05) is 6.07 Å². The SMILES string of the molecule is O=C(Cc1cc(F)cc(F)c1)c1ccc2c(c1)NCC2.